The van der Waals surface area contributed by atoms with Gasteiger partial charge in [0.15, 0.2) is 0 Å². The third-order valence-corrected chi connectivity index (χ3v) is 8.79. The summed E-state index contributed by atoms with van der Waals surface area (Å²) in [6.07, 6.45) is 4.84. The maximum atomic E-state index is 12.5. The largest absolute Gasteiger partial charge is 0.481 e. The van der Waals surface area contributed by atoms with Crippen molar-refractivity contribution >= 4 is 24.2 Å². The molecule has 0 radical (unpaired) electrons. The Kier molecular flexibility index (Phi) is 14.1. The Morgan fingerprint density at radius 2 is 1.35 bits per heavy atom. The molecule has 3 rings (SSSR count). The number of aliphatic carboxylic acids is 1. The van der Waals surface area contributed by atoms with Crippen molar-refractivity contribution in [1.29, 1.82) is 0 Å². The predicted octanol–water partition coefficient (Wildman–Crippen LogP) is 7.42. The average molecular weight is 672 g/mol. The number of ether oxygens (including phenoxy) is 3. The molecule has 1 aromatic rings. The van der Waals surface area contributed by atoms with Gasteiger partial charge in [-0.05, 0) is 84.6 Å². The number of benzene rings is 1. The van der Waals surface area contributed by atoms with Gasteiger partial charge in [-0.15, -0.1) is 13.2 Å². The van der Waals surface area contributed by atoms with Crippen molar-refractivity contribution in [2.24, 2.45) is 17.3 Å². The smallest absolute Gasteiger partial charge is 0.410 e. The topological polar surface area (TPSA) is 135 Å². The van der Waals surface area contributed by atoms with E-state index in [1.54, 1.807) is 37.8 Å². The Morgan fingerprint density at radius 3 is 1.83 bits per heavy atom. The number of carbonyl (C=O) groups is 4. The highest BCUT2D eigenvalue weighted by atomic mass is 16.6. The third-order valence-electron chi connectivity index (χ3n) is 8.79. The Balaban J connectivity index is 0.000000353. The van der Waals surface area contributed by atoms with Crippen LogP contribution in [0.3, 0.4) is 0 Å². The molecule has 0 bridgehead atoms. The molecule has 11 nitrogen and oxygen atoms in total. The molecular weight excluding hydrogens is 614 g/mol. The first-order valence-corrected chi connectivity index (χ1v) is 16.7. The van der Waals surface area contributed by atoms with Crippen LogP contribution in [0.25, 0.3) is 0 Å². The van der Waals surface area contributed by atoms with Gasteiger partial charge in [0.05, 0.1) is 11.0 Å². The summed E-state index contributed by atoms with van der Waals surface area (Å²) in [5, 5.41) is 12.6. The zero-order valence-corrected chi connectivity index (χ0v) is 30.2. The molecule has 0 aliphatic carbocycles. The molecule has 2 aliphatic rings. The minimum absolute atomic E-state index is 0.0398. The fraction of sp³-hybridized carbons (Fsp3) is 0.622. The van der Waals surface area contributed by atoms with Crippen LogP contribution in [-0.4, -0.2) is 82.1 Å². The van der Waals surface area contributed by atoms with Crippen molar-refractivity contribution in [3.8, 4) is 0 Å². The summed E-state index contributed by atoms with van der Waals surface area (Å²) in [7, 11) is 0. The van der Waals surface area contributed by atoms with Crippen LogP contribution in [0.4, 0.5) is 14.4 Å². The first kappa shape index (κ1) is 40.2. The van der Waals surface area contributed by atoms with Gasteiger partial charge in [0.25, 0.3) is 0 Å². The van der Waals surface area contributed by atoms with Gasteiger partial charge in [0.1, 0.15) is 17.8 Å². The van der Waals surface area contributed by atoms with E-state index in [0.29, 0.717) is 32.5 Å². The first-order chi connectivity index (χ1) is 22.3. The van der Waals surface area contributed by atoms with E-state index < -0.39 is 40.3 Å². The van der Waals surface area contributed by atoms with Crippen LogP contribution >= 0.6 is 0 Å². The number of hydrogen-bond acceptors (Lipinski definition) is 7. The van der Waals surface area contributed by atoms with E-state index in [4.69, 9.17) is 14.2 Å². The normalized spacial score (nSPS) is 22.5. The van der Waals surface area contributed by atoms with Crippen molar-refractivity contribution in [2.75, 3.05) is 26.2 Å². The van der Waals surface area contributed by atoms with Crippen LogP contribution in [0.15, 0.2) is 55.6 Å². The number of carbonyl (C=O) groups excluding carboxylic acids is 3. The molecule has 11 heteroatoms. The van der Waals surface area contributed by atoms with E-state index in [2.05, 4.69) is 18.5 Å². The highest BCUT2D eigenvalue weighted by molar-refractivity contribution is 5.78. The Hall–Kier alpha value is -4.02. The molecule has 4 atom stereocenters. The number of allylic oxidation sites excluding steroid dienone is 1. The average Bonchev–Trinajstić information content (AvgIpc) is 3.02. The SMILES string of the molecule is C=CC(C)C1(C(=O)O)CCCN(C(=O)OC(C)(C)C)C1.C=CC(C)C1(NC(=O)OCc2ccccc2)CCCN(C(=O)OC(C)(C)C)C1. The molecule has 2 N–H and O–H groups in total. The summed E-state index contributed by atoms with van der Waals surface area (Å²) in [6.45, 7) is 24.2. The van der Waals surface area contributed by atoms with Crippen LogP contribution in [0, 0.1) is 17.3 Å². The van der Waals surface area contributed by atoms with Gasteiger partial charge in [-0.25, -0.2) is 14.4 Å². The van der Waals surface area contributed by atoms with E-state index in [9.17, 15) is 24.3 Å². The van der Waals surface area contributed by atoms with Crippen LogP contribution in [0.5, 0.6) is 0 Å². The minimum atomic E-state index is -0.961. The second-order valence-electron chi connectivity index (χ2n) is 14.9. The highest BCUT2D eigenvalue weighted by Crippen LogP contribution is 2.39. The molecule has 0 saturated carbocycles. The van der Waals surface area contributed by atoms with Gasteiger partial charge < -0.3 is 34.4 Å². The number of piperidine rings is 2. The summed E-state index contributed by atoms with van der Waals surface area (Å²) in [6, 6.07) is 9.52. The number of carboxylic acids is 1. The molecule has 4 unspecified atom stereocenters. The fourth-order valence-electron chi connectivity index (χ4n) is 5.87. The van der Waals surface area contributed by atoms with E-state index in [1.165, 1.54) is 4.90 Å². The summed E-state index contributed by atoms with van der Waals surface area (Å²) >= 11 is 0. The highest BCUT2D eigenvalue weighted by Gasteiger charge is 2.47. The van der Waals surface area contributed by atoms with Gasteiger partial charge >= 0.3 is 24.2 Å². The van der Waals surface area contributed by atoms with E-state index in [1.807, 2.05) is 65.0 Å². The van der Waals surface area contributed by atoms with Crippen LogP contribution in [0.2, 0.25) is 0 Å². The fourth-order valence-corrected chi connectivity index (χ4v) is 5.87. The Labute approximate surface area is 286 Å². The molecule has 48 heavy (non-hydrogen) atoms. The number of amides is 3. The summed E-state index contributed by atoms with van der Waals surface area (Å²) < 4.78 is 16.3. The quantitative estimate of drug-likeness (QED) is 0.216. The number of nitrogens with one attached hydrogen (secondary N) is 1. The van der Waals surface area contributed by atoms with Gasteiger partial charge in [-0.3, -0.25) is 4.79 Å². The van der Waals surface area contributed by atoms with Gasteiger partial charge in [0, 0.05) is 26.2 Å². The second kappa shape index (κ2) is 16.9. The predicted molar refractivity (Wildman–Crippen MR) is 185 cm³/mol. The zero-order chi connectivity index (χ0) is 36.3. The number of rotatable bonds is 8. The van der Waals surface area contributed by atoms with Crippen molar-refractivity contribution in [3.05, 3.63) is 61.2 Å². The van der Waals surface area contributed by atoms with Crippen molar-refractivity contribution in [3.63, 3.8) is 0 Å². The second-order valence-corrected chi connectivity index (χ2v) is 14.9. The van der Waals surface area contributed by atoms with Crippen molar-refractivity contribution in [1.82, 2.24) is 15.1 Å². The molecule has 268 valence electrons. The molecular formula is C37H57N3O8. The number of nitrogens with zero attached hydrogens (tertiary/aromatic N) is 2. The number of likely N-dealkylation sites (tertiary alicyclic amines) is 2. The lowest BCUT2D eigenvalue weighted by atomic mass is 9.70. The molecule has 2 aliphatic heterocycles. The van der Waals surface area contributed by atoms with E-state index >= 15 is 0 Å². The van der Waals surface area contributed by atoms with Crippen LogP contribution in [0.1, 0.15) is 86.6 Å². The van der Waals surface area contributed by atoms with Gasteiger partial charge in [0.2, 0.25) is 0 Å². The number of alkyl carbamates (subject to hydrolysis) is 1. The molecule has 0 aromatic heterocycles. The number of hydrogen-bond donors (Lipinski definition) is 2. The number of carboxylic acid groups (broad SMARTS) is 1. The molecule has 1 aromatic carbocycles. The van der Waals surface area contributed by atoms with Crippen LogP contribution < -0.4 is 5.32 Å². The lowest BCUT2D eigenvalue weighted by Gasteiger charge is -2.45. The van der Waals surface area contributed by atoms with Crippen molar-refractivity contribution < 1.29 is 38.5 Å². The van der Waals surface area contributed by atoms with E-state index in [0.717, 1.165) is 18.4 Å². The first-order valence-electron chi connectivity index (χ1n) is 16.7. The van der Waals surface area contributed by atoms with Gasteiger partial charge in [-0.1, -0.05) is 56.3 Å². The minimum Gasteiger partial charge on any atom is -0.481 e. The zero-order valence-electron chi connectivity index (χ0n) is 30.2. The summed E-state index contributed by atoms with van der Waals surface area (Å²) in [4.78, 5) is 52.0. The Bertz CT molecular complexity index is 1270. The lowest BCUT2D eigenvalue weighted by molar-refractivity contribution is -0.155. The van der Waals surface area contributed by atoms with Gasteiger partial charge in [-0.2, -0.15) is 0 Å². The standard InChI is InChI=1S/C22H32N2O4.C15H25NO4/c1-6-17(2)22(23-19(25)27-15-18-11-8-7-9-12-18)13-10-14-24(16-22)20(26)28-21(3,4)5;1-6-11(2)15(12(17)18)8-7-9-16(10-15)13(19)20-14(3,4)5/h6-9,11-12,17H,1,10,13-16H2,2-5H3,(H,23,25);6,11H,1,7-10H2,2-5H3,(H,17,18). The maximum absolute atomic E-state index is 12.5. The van der Waals surface area contributed by atoms with Crippen molar-refractivity contribution in [2.45, 2.75) is 104 Å². The molecule has 3 amide bonds. The Morgan fingerprint density at radius 1 is 0.854 bits per heavy atom. The van der Waals surface area contributed by atoms with E-state index in [-0.39, 0.29) is 31.1 Å². The lowest BCUT2D eigenvalue weighted by Crippen LogP contribution is -2.63. The molecule has 2 heterocycles. The molecule has 2 saturated heterocycles. The summed E-state index contributed by atoms with van der Waals surface area (Å²) in [5.41, 5.74) is -1.82. The molecule has 0 spiro atoms. The molecule has 2 fully saturated rings. The third kappa shape index (κ3) is 11.6. The van der Waals surface area contributed by atoms with Crippen LogP contribution in [-0.2, 0) is 25.6 Å². The summed E-state index contributed by atoms with van der Waals surface area (Å²) in [5.74, 6) is -1.12. The maximum Gasteiger partial charge on any atom is 0.410 e. The monoisotopic (exact) mass is 671 g/mol.